The standard InChI is InChI=1S/C16H25NO/c1-12(2)5-4-10-18-14-7-8-15-13(11-14)6-9-16(15)17-3/h7-8,11-12,16-17H,4-6,9-10H2,1-3H3. The molecule has 0 aliphatic heterocycles. The minimum absolute atomic E-state index is 0.537. The Kier molecular flexibility index (Phi) is 4.65. The Morgan fingerprint density at radius 3 is 2.94 bits per heavy atom. The van der Waals surface area contributed by atoms with Gasteiger partial charge < -0.3 is 10.1 Å². The second kappa shape index (κ2) is 6.24. The van der Waals surface area contributed by atoms with E-state index in [2.05, 4.69) is 37.4 Å². The molecule has 2 nitrogen and oxygen atoms in total. The van der Waals surface area contributed by atoms with E-state index in [0.29, 0.717) is 6.04 Å². The summed E-state index contributed by atoms with van der Waals surface area (Å²) < 4.78 is 5.83. The highest BCUT2D eigenvalue weighted by Gasteiger charge is 2.20. The summed E-state index contributed by atoms with van der Waals surface area (Å²) in [7, 11) is 2.04. The van der Waals surface area contributed by atoms with Crippen molar-refractivity contribution in [2.45, 2.75) is 45.6 Å². The SMILES string of the molecule is CNC1CCc2cc(OCCCC(C)C)ccc21. The molecule has 0 radical (unpaired) electrons. The number of benzene rings is 1. The van der Waals surface area contributed by atoms with Crippen molar-refractivity contribution in [3.8, 4) is 5.75 Å². The molecule has 1 aliphatic rings. The van der Waals surface area contributed by atoms with Crippen molar-refractivity contribution in [2.75, 3.05) is 13.7 Å². The van der Waals surface area contributed by atoms with Crippen molar-refractivity contribution >= 4 is 0 Å². The zero-order chi connectivity index (χ0) is 13.0. The highest BCUT2D eigenvalue weighted by Crippen LogP contribution is 2.33. The normalized spacial score (nSPS) is 18.1. The van der Waals surface area contributed by atoms with Gasteiger partial charge in [-0.25, -0.2) is 0 Å². The lowest BCUT2D eigenvalue weighted by molar-refractivity contribution is 0.297. The second-order valence-corrected chi connectivity index (χ2v) is 5.63. The van der Waals surface area contributed by atoms with Gasteiger partial charge in [-0.2, -0.15) is 0 Å². The zero-order valence-electron chi connectivity index (χ0n) is 11.8. The van der Waals surface area contributed by atoms with Crippen LogP contribution in [-0.4, -0.2) is 13.7 Å². The summed E-state index contributed by atoms with van der Waals surface area (Å²) in [5, 5.41) is 3.36. The predicted octanol–water partition coefficient (Wildman–Crippen LogP) is 3.71. The molecule has 0 aromatic heterocycles. The summed E-state index contributed by atoms with van der Waals surface area (Å²) in [4.78, 5) is 0. The van der Waals surface area contributed by atoms with Crippen molar-refractivity contribution in [1.29, 1.82) is 0 Å². The molecule has 2 heteroatoms. The zero-order valence-corrected chi connectivity index (χ0v) is 11.8. The maximum atomic E-state index is 5.83. The Bertz CT molecular complexity index is 387. The minimum Gasteiger partial charge on any atom is -0.494 e. The quantitative estimate of drug-likeness (QED) is 0.774. The predicted molar refractivity (Wildman–Crippen MR) is 76.1 cm³/mol. The molecule has 1 atom stereocenters. The van der Waals surface area contributed by atoms with E-state index >= 15 is 0 Å². The Morgan fingerprint density at radius 2 is 2.22 bits per heavy atom. The first kappa shape index (κ1) is 13.4. The van der Waals surface area contributed by atoms with Gasteiger partial charge in [-0.05, 0) is 61.9 Å². The Labute approximate surface area is 111 Å². The van der Waals surface area contributed by atoms with Crippen molar-refractivity contribution < 1.29 is 4.74 Å². The molecule has 1 aliphatic carbocycles. The van der Waals surface area contributed by atoms with Gasteiger partial charge in [0.2, 0.25) is 0 Å². The van der Waals surface area contributed by atoms with Gasteiger partial charge in [-0.3, -0.25) is 0 Å². The summed E-state index contributed by atoms with van der Waals surface area (Å²) in [6.45, 7) is 5.35. The average molecular weight is 247 g/mol. The summed E-state index contributed by atoms with van der Waals surface area (Å²) >= 11 is 0. The summed E-state index contributed by atoms with van der Waals surface area (Å²) in [5.74, 6) is 1.80. The van der Waals surface area contributed by atoms with Crippen molar-refractivity contribution in [3.63, 3.8) is 0 Å². The molecule has 1 N–H and O–H groups in total. The lowest BCUT2D eigenvalue weighted by atomic mass is 10.1. The molecular formula is C16H25NO. The molecule has 1 aromatic rings. The largest absolute Gasteiger partial charge is 0.494 e. The van der Waals surface area contributed by atoms with Gasteiger partial charge in [-0.15, -0.1) is 0 Å². The molecule has 0 amide bonds. The molecular weight excluding hydrogens is 222 g/mol. The van der Waals surface area contributed by atoms with Crippen LogP contribution in [0.5, 0.6) is 5.75 Å². The maximum Gasteiger partial charge on any atom is 0.119 e. The van der Waals surface area contributed by atoms with Gasteiger partial charge in [0.15, 0.2) is 0 Å². The molecule has 0 heterocycles. The first-order chi connectivity index (χ1) is 8.70. The maximum absolute atomic E-state index is 5.83. The molecule has 100 valence electrons. The van der Waals surface area contributed by atoms with Crippen molar-refractivity contribution in [3.05, 3.63) is 29.3 Å². The van der Waals surface area contributed by atoms with Gasteiger partial charge in [-0.1, -0.05) is 19.9 Å². The number of aryl methyl sites for hydroxylation is 1. The third-order valence-electron chi connectivity index (χ3n) is 3.74. The van der Waals surface area contributed by atoms with E-state index in [1.54, 1.807) is 0 Å². The van der Waals surface area contributed by atoms with Crippen LogP contribution < -0.4 is 10.1 Å². The second-order valence-electron chi connectivity index (χ2n) is 5.63. The van der Waals surface area contributed by atoms with E-state index in [1.165, 1.54) is 30.4 Å². The summed E-state index contributed by atoms with van der Waals surface area (Å²) in [6, 6.07) is 7.10. The fraction of sp³-hybridized carbons (Fsp3) is 0.625. The van der Waals surface area contributed by atoms with Crippen LogP contribution in [0, 0.1) is 5.92 Å². The van der Waals surface area contributed by atoms with E-state index in [-0.39, 0.29) is 0 Å². The van der Waals surface area contributed by atoms with E-state index in [9.17, 15) is 0 Å². The van der Waals surface area contributed by atoms with Crippen molar-refractivity contribution in [1.82, 2.24) is 5.32 Å². The van der Waals surface area contributed by atoms with Gasteiger partial charge in [0.1, 0.15) is 5.75 Å². The fourth-order valence-corrected chi connectivity index (χ4v) is 2.67. The molecule has 0 saturated carbocycles. The smallest absolute Gasteiger partial charge is 0.119 e. The van der Waals surface area contributed by atoms with Gasteiger partial charge >= 0.3 is 0 Å². The number of hydrogen-bond donors (Lipinski definition) is 1. The first-order valence-electron chi connectivity index (χ1n) is 7.13. The molecule has 0 bridgehead atoms. The van der Waals surface area contributed by atoms with Crippen LogP contribution in [0.15, 0.2) is 18.2 Å². The molecule has 0 fully saturated rings. The van der Waals surface area contributed by atoms with E-state index < -0.39 is 0 Å². The van der Waals surface area contributed by atoms with Gasteiger partial charge in [0.05, 0.1) is 6.61 Å². The van der Waals surface area contributed by atoms with Gasteiger partial charge in [0, 0.05) is 6.04 Å². The topological polar surface area (TPSA) is 21.3 Å². The Morgan fingerprint density at radius 1 is 1.39 bits per heavy atom. The Balaban J connectivity index is 1.88. The third-order valence-corrected chi connectivity index (χ3v) is 3.74. The van der Waals surface area contributed by atoms with Crippen LogP contribution in [0.3, 0.4) is 0 Å². The van der Waals surface area contributed by atoms with Crippen LogP contribution in [0.2, 0.25) is 0 Å². The van der Waals surface area contributed by atoms with Crippen LogP contribution >= 0.6 is 0 Å². The van der Waals surface area contributed by atoms with Gasteiger partial charge in [0.25, 0.3) is 0 Å². The third kappa shape index (κ3) is 3.26. The van der Waals surface area contributed by atoms with Crippen LogP contribution in [0.4, 0.5) is 0 Å². The minimum atomic E-state index is 0.537. The highest BCUT2D eigenvalue weighted by atomic mass is 16.5. The van der Waals surface area contributed by atoms with Crippen LogP contribution in [0.1, 0.15) is 50.3 Å². The number of nitrogens with one attached hydrogen (secondary N) is 1. The van der Waals surface area contributed by atoms with E-state index in [1.807, 2.05) is 7.05 Å². The fourth-order valence-electron chi connectivity index (χ4n) is 2.67. The Hall–Kier alpha value is -1.02. The van der Waals surface area contributed by atoms with Crippen LogP contribution in [0.25, 0.3) is 0 Å². The van der Waals surface area contributed by atoms with E-state index in [4.69, 9.17) is 4.74 Å². The molecule has 0 saturated heterocycles. The first-order valence-corrected chi connectivity index (χ1v) is 7.13. The lowest BCUT2D eigenvalue weighted by Gasteiger charge is -2.12. The van der Waals surface area contributed by atoms with E-state index in [0.717, 1.165) is 24.7 Å². The molecule has 0 spiro atoms. The average Bonchev–Trinajstić information content (AvgIpc) is 2.76. The lowest BCUT2D eigenvalue weighted by Crippen LogP contribution is -2.12. The summed E-state index contributed by atoms with van der Waals surface area (Å²) in [6.07, 6.45) is 4.77. The summed E-state index contributed by atoms with van der Waals surface area (Å²) in [5.41, 5.74) is 2.91. The molecule has 1 unspecified atom stereocenters. The monoisotopic (exact) mass is 247 g/mol. The number of rotatable bonds is 6. The van der Waals surface area contributed by atoms with Crippen LogP contribution in [-0.2, 0) is 6.42 Å². The molecule has 18 heavy (non-hydrogen) atoms. The number of ether oxygens (including phenoxy) is 1. The number of fused-ring (bicyclic) bond motifs is 1. The number of hydrogen-bond acceptors (Lipinski definition) is 2. The molecule has 2 rings (SSSR count). The van der Waals surface area contributed by atoms with Crippen molar-refractivity contribution in [2.24, 2.45) is 5.92 Å². The highest BCUT2D eigenvalue weighted by molar-refractivity contribution is 5.40. The molecule has 1 aromatic carbocycles.